The summed E-state index contributed by atoms with van der Waals surface area (Å²) in [7, 11) is 0. The van der Waals surface area contributed by atoms with Gasteiger partial charge in [-0.15, -0.1) is 0 Å². The van der Waals surface area contributed by atoms with Crippen molar-refractivity contribution in [3.63, 3.8) is 0 Å². The first kappa shape index (κ1) is 22.2. The molecule has 0 saturated heterocycles. The monoisotopic (exact) mass is 400 g/mol. The number of hydrogen-bond donors (Lipinski definition) is 0. The molecule has 29 heavy (non-hydrogen) atoms. The van der Waals surface area contributed by atoms with Crippen LogP contribution in [-0.2, 0) is 0 Å². The Labute approximate surface area is 183 Å². The van der Waals surface area contributed by atoms with Crippen LogP contribution in [0.25, 0.3) is 0 Å². The van der Waals surface area contributed by atoms with Crippen LogP contribution < -0.4 is 0 Å². The summed E-state index contributed by atoms with van der Waals surface area (Å²) >= 11 is 0. The second-order valence-corrected chi connectivity index (χ2v) is 13.1. The van der Waals surface area contributed by atoms with Gasteiger partial charge >= 0.3 is 0 Å². The van der Waals surface area contributed by atoms with Gasteiger partial charge in [-0.1, -0.05) is 92.4 Å². The number of hydrogen-bond acceptors (Lipinski definition) is 0. The van der Waals surface area contributed by atoms with Gasteiger partial charge in [0, 0.05) is 0 Å². The molecule has 4 saturated carbocycles. The molecule has 4 aliphatic carbocycles. The van der Waals surface area contributed by atoms with Gasteiger partial charge in [-0.05, 0) is 90.8 Å². The molecule has 0 radical (unpaired) electrons. The summed E-state index contributed by atoms with van der Waals surface area (Å²) in [6, 6.07) is 0. The maximum atomic E-state index is 2.84. The zero-order valence-electron chi connectivity index (χ0n) is 20.7. The van der Waals surface area contributed by atoms with Crippen molar-refractivity contribution in [2.45, 2.75) is 137 Å². The molecule has 4 fully saturated rings. The van der Waals surface area contributed by atoms with E-state index in [1.54, 1.807) is 19.3 Å². The van der Waals surface area contributed by atoms with Crippen molar-refractivity contribution in [1.29, 1.82) is 0 Å². The van der Waals surface area contributed by atoms with E-state index in [1.807, 2.05) is 0 Å². The predicted octanol–water partition coefficient (Wildman–Crippen LogP) is 9.42. The Morgan fingerprint density at radius 1 is 0.586 bits per heavy atom. The van der Waals surface area contributed by atoms with E-state index in [4.69, 9.17) is 0 Å². The molecule has 0 aliphatic heterocycles. The molecule has 6 atom stereocenters. The molecule has 0 spiro atoms. The van der Waals surface area contributed by atoms with E-state index in [2.05, 4.69) is 34.6 Å². The van der Waals surface area contributed by atoms with Crippen LogP contribution in [0.1, 0.15) is 137 Å². The lowest BCUT2D eigenvalue weighted by Crippen LogP contribution is -2.56. The molecule has 168 valence electrons. The normalized spacial score (nSPS) is 41.9. The molecular formula is C29H52. The summed E-state index contributed by atoms with van der Waals surface area (Å²) in [5, 5.41) is 0. The first-order valence-electron chi connectivity index (χ1n) is 13.8. The summed E-state index contributed by atoms with van der Waals surface area (Å²) in [5.41, 5.74) is 1.77. The maximum Gasteiger partial charge on any atom is -0.0233 e. The minimum atomic E-state index is 0.565. The zero-order chi connectivity index (χ0) is 20.7. The van der Waals surface area contributed by atoms with E-state index < -0.39 is 0 Å². The van der Waals surface area contributed by atoms with E-state index in [0.29, 0.717) is 16.2 Å². The maximum absolute atomic E-state index is 2.84. The highest BCUT2D eigenvalue weighted by atomic mass is 14.6. The van der Waals surface area contributed by atoms with Crippen molar-refractivity contribution in [3.8, 4) is 0 Å². The molecule has 0 aromatic rings. The zero-order valence-corrected chi connectivity index (χ0v) is 20.7. The van der Waals surface area contributed by atoms with E-state index in [-0.39, 0.29) is 0 Å². The molecule has 0 bridgehead atoms. The highest BCUT2D eigenvalue weighted by Crippen LogP contribution is 2.65. The van der Waals surface area contributed by atoms with Gasteiger partial charge in [0.2, 0.25) is 0 Å². The molecule has 6 unspecified atom stereocenters. The van der Waals surface area contributed by atoms with Crippen LogP contribution in [0.5, 0.6) is 0 Å². The smallest absolute Gasteiger partial charge is 0.0233 e. The molecule has 0 N–H and O–H groups in total. The lowest BCUT2D eigenvalue weighted by Gasteiger charge is -2.63. The quantitative estimate of drug-likeness (QED) is 0.440. The lowest BCUT2D eigenvalue weighted by atomic mass is 9.42. The second kappa shape index (κ2) is 8.50. The minimum absolute atomic E-state index is 0.565. The van der Waals surface area contributed by atoms with Crippen LogP contribution >= 0.6 is 0 Å². The topological polar surface area (TPSA) is 0 Å². The highest BCUT2D eigenvalue weighted by Gasteiger charge is 2.58. The van der Waals surface area contributed by atoms with Gasteiger partial charge in [0.1, 0.15) is 0 Å². The molecule has 4 aliphatic rings. The van der Waals surface area contributed by atoms with Crippen molar-refractivity contribution in [3.05, 3.63) is 0 Å². The van der Waals surface area contributed by atoms with Gasteiger partial charge < -0.3 is 0 Å². The Kier molecular flexibility index (Phi) is 6.51. The molecule has 0 amide bonds. The largest absolute Gasteiger partial charge is 0.0617 e. The van der Waals surface area contributed by atoms with Crippen molar-refractivity contribution in [2.75, 3.05) is 0 Å². The molecule has 0 aromatic carbocycles. The Morgan fingerprint density at radius 2 is 1.14 bits per heavy atom. The van der Waals surface area contributed by atoms with Gasteiger partial charge in [0.25, 0.3) is 0 Å². The van der Waals surface area contributed by atoms with E-state index in [1.165, 1.54) is 83.5 Å². The molecular weight excluding hydrogens is 348 g/mol. The standard InChI is InChI=1S/C29H52/c1-22(27(3)18-10-6-11-19-27)25-17-16-24-14-8-9-15-26(24)29(25,5)23(2)28(4)20-12-7-13-21-28/h22-26H,6-21H2,1-5H3. The molecule has 0 aromatic heterocycles. The van der Waals surface area contributed by atoms with E-state index in [0.717, 1.165) is 29.6 Å². The summed E-state index contributed by atoms with van der Waals surface area (Å²) < 4.78 is 0. The first-order chi connectivity index (χ1) is 13.8. The average molecular weight is 401 g/mol. The minimum Gasteiger partial charge on any atom is -0.0617 e. The van der Waals surface area contributed by atoms with Crippen molar-refractivity contribution >= 4 is 0 Å². The fraction of sp³-hybridized carbons (Fsp3) is 1.00. The SMILES string of the molecule is CC(C1CCC2CCCCC2C1(C)C(C)C1(C)CCCCC1)C1(C)CCCCC1. The molecule has 0 heterocycles. The Bertz CT molecular complexity index is 534. The summed E-state index contributed by atoms with van der Waals surface area (Å²) in [6.45, 7) is 13.7. The third-order valence-corrected chi connectivity index (χ3v) is 12.0. The van der Waals surface area contributed by atoms with Crippen LogP contribution in [0.2, 0.25) is 0 Å². The van der Waals surface area contributed by atoms with Gasteiger partial charge in [-0.25, -0.2) is 0 Å². The summed E-state index contributed by atoms with van der Waals surface area (Å²) in [4.78, 5) is 0. The Morgan fingerprint density at radius 3 is 1.76 bits per heavy atom. The second-order valence-electron chi connectivity index (χ2n) is 13.1. The lowest BCUT2D eigenvalue weighted by molar-refractivity contribution is -0.143. The van der Waals surface area contributed by atoms with Crippen LogP contribution in [0, 0.1) is 45.8 Å². The fourth-order valence-corrected chi connectivity index (χ4v) is 9.63. The number of rotatable bonds is 4. The van der Waals surface area contributed by atoms with Crippen molar-refractivity contribution < 1.29 is 0 Å². The molecule has 0 heteroatoms. The van der Waals surface area contributed by atoms with Gasteiger partial charge in [0.15, 0.2) is 0 Å². The predicted molar refractivity (Wildman–Crippen MR) is 127 cm³/mol. The van der Waals surface area contributed by atoms with E-state index >= 15 is 0 Å². The third-order valence-electron chi connectivity index (χ3n) is 12.0. The summed E-state index contributed by atoms with van der Waals surface area (Å²) in [5.74, 6) is 4.81. The number of fused-ring (bicyclic) bond motifs is 1. The Balaban J connectivity index is 1.68. The Hall–Kier alpha value is 0. The first-order valence-corrected chi connectivity index (χ1v) is 13.8. The summed E-state index contributed by atoms with van der Waals surface area (Å²) in [6.07, 6.45) is 24.1. The average Bonchev–Trinajstić information content (AvgIpc) is 2.74. The van der Waals surface area contributed by atoms with Crippen molar-refractivity contribution in [1.82, 2.24) is 0 Å². The van der Waals surface area contributed by atoms with Gasteiger partial charge in [-0.2, -0.15) is 0 Å². The molecule has 0 nitrogen and oxygen atoms in total. The third kappa shape index (κ3) is 3.86. The van der Waals surface area contributed by atoms with E-state index in [9.17, 15) is 0 Å². The van der Waals surface area contributed by atoms with Crippen LogP contribution in [0.3, 0.4) is 0 Å². The molecule has 4 rings (SSSR count). The van der Waals surface area contributed by atoms with Crippen molar-refractivity contribution in [2.24, 2.45) is 45.8 Å². The van der Waals surface area contributed by atoms with Crippen LogP contribution in [0.4, 0.5) is 0 Å². The van der Waals surface area contributed by atoms with Crippen LogP contribution in [-0.4, -0.2) is 0 Å². The van der Waals surface area contributed by atoms with Gasteiger partial charge in [-0.3, -0.25) is 0 Å². The van der Waals surface area contributed by atoms with Crippen LogP contribution in [0.15, 0.2) is 0 Å². The van der Waals surface area contributed by atoms with Gasteiger partial charge in [0.05, 0.1) is 0 Å². The fourth-order valence-electron chi connectivity index (χ4n) is 9.63. The highest BCUT2D eigenvalue weighted by molar-refractivity contribution is 5.07.